The lowest BCUT2D eigenvalue weighted by Gasteiger charge is -2.19. The molecule has 0 aliphatic carbocycles. The van der Waals surface area contributed by atoms with Gasteiger partial charge in [0.2, 0.25) is 0 Å². The fourth-order valence-corrected chi connectivity index (χ4v) is 4.77. The summed E-state index contributed by atoms with van der Waals surface area (Å²) < 4.78 is 11.6. The number of methoxy groups -OCH3 is 1. The summed E-state index contributed by atoms with van der Waals surface area (Å²) in [5.41, 5.74) is 3.13. The first-order valence-electron chi connectivity index (χ1n) is 11.7. The lowest BCUT2D eigenvalue weighted by atomic mass is 10.1. The van der Waals surface area contributed by atoms with Crippen LogP contribution in [0.2, 0.25) is 0 Å². The third kappa shape index (κ3) is 6.07. The average Bonchev–Trinajstić information content (AvgIpc) is 3.32. The normalized spacial score (nSPS) is 11.1. The van der Waals surface area contributed by atoms with Crippen molar-refractivity contribution >= 4 is 33.4 Å². The summed E-state index contributed by atoms with van der Waals surface area (Å²) in [6, 6.07) is 17.5. The van der Waals surface area contributed by atoms with Gasteiger partial charge in [0.1, 0.15) is 23.1 Å². The minimum atomic E-state index is -0.399. The minimum Gasteiger partial charge on any atom is -0.507 e. The Morgan fingerprint density at radius 2 is 1.70 bits per heavy atom. The standard InChI is InChI=1S/C28H29N3O5S/c1-30(2)14-15-31(3)27(33)20-12-13-21-24(16-20)37-26(29-21)25-22(32)6-5-7-23(25)36-17-18-8-10-19(11-9-18)28(34)35-4/h5-13,16,32H,14-15,17H2,1-4H3. The number of nitrogens with zero attached hydrogens (tertiary/aromatic N) is 3. The van der Waals surface area contributed by atoms with Crippen LogP contribution >= 0.6 is 11.3 Å². The molecule has 0 aliphatic rings. The van der Waals surface area contributed by atoms with Crippen LogP contribution in [0.15, 0.2) is 60.7 Å². The summed E-state index contributed by atoms with van der Waals surface area (Å²) in [5.74, 6) is 0.0836. The molecule has 0 fully saturated rings. The van der Waals surface area contributed by atoms with Crippen LogP contribution in [0, 0.1) is 0 Å². The first-order chi connectivity index (χ1) is 17.8. The van der Waals surface area contributed by atoms with Gasteiger partial charge in [0.25, 0.3) is 5.91 Å². The fraction of sp³-hybridized carbons (Fsp3) is 0.250. The zero-order chi connectivity index (χ0) is 26.5. The van der Waals surface area contributed by atoms with Gasteiger partial charge in [-0.3, -0.25) is 4.79 Å². The van der Waals surface area contributed by atoms with E-state index >= 15 is 0 Å². The van der Waals surface area contributed by atoms with Crippen LogP contribution in [0.3, 0.4) is 0 Å². The SMILES string of the molecule is COC(=O)c1ccc(COc2cccc(O)c2-c2nc3ccc(C(=O)N(C)CCN(C)C)cc3s2)cc1. The predicted octanol–water partition coefficient (Wildman–Crippen LogP) is 4.67. The van der Waals surface area contributed by atoms with E-state index in [2.05, 4.69) is 0 Å². The minimum absolute atomic E-state index is 0.0523. The molecule has 0 saturated carbocycles. The number of amides is 1. The summed E-state index contributed by atoms with van der Waals surface area (Å²) in [6.45, 7) is 1.64. The lowest BCUT2D eigenvalue weighted by Crippen LogP contribution is -2.33. The first-order valence-corrected chi connectivity index (χ1v) is 12.5. The maximum atomic E-state index is 12.9. The Labute approximate surface area is 219 Å². The fourth-order valence-electron chi connectivity index (χ4n) is 3.71. The van der Waals surface area contributed by atoms with E-state index in [1.54, 1.807) is 60.5 Å². The van der Waals surface area contributed by atoms with E-state index in [1.165, 1.54) is 18.4 Å². The van der Waals surface area contributed by atoms with Crippen molar-refractivity contribution in [2.75, 3.05) is 41.3 Å². The van der Waals surface area contributed by atoms with Gasteiger partial charge in [-0.25, -0.2) is 9.78 Å². The van der Waals surface area contributed by atoms with Crippen molar-refractivity contribution in [3.63, 3.8) is 0 Å². The Bertz CT molecular complexity index is 1420. The van der Waals surface area contributed by atoms with Gasteiger partial charge in [-0.2, -0.15) is 0 Å². The van der Waals surface area contributed by atoms with Crippen LogP contribution in [-0.4, -0.2) is 73.1 Å². The highest BCUT2D eigenvalue weighted by Gasteiger charge is 2.18. The van der Waals surface area contributed by atoms with Crippen molar-refractivity contribution in [3.05, 3.63) is 77.4 Å². The van der Waals surface area contributed by atoms with E-state index < -0.39 is 5.97 Å². The number of hydrogen-bond donors (Lipinski definition) is 1. The molecule has 4 aromatic rings. The van der Waals surface area contributed by atoms with Crippen LogP contribution in [0.4, 0.5) is 0 Å². The highest BCUT2D eigenvalue weighted by atomic mass is 32.1. The molecule has 1 amide bonds. The number of carbonyl (C=O) groups is 2. The van der Waals surface area contributed by atoms with Crippen molar-refractivity contribution in [2.45, 2.75) is 6.61 Å². The molecule has 0 saturated heterocycles. The van der Waals surface area contributed by atoms with Gasteiger partial charge >= 0.3 is 5.97 Å². The van der Waals surface area contributed by atoms with Crippen LogP contribution < -0.4 is 4.74 Å². The monoisotopic (exact) mass is 519 g/mol. The smallest absolute Gasteiger partial charge is 0.337 e. The molecule has 37 heavy (non-hydrogen) atoms. The summed E-state index contributed by atoms with van der Waals surface area (Å²) in [4.78, 5) is 33.0. The number of thiazole rings is 1. The van der Waals surface area contributed by atoms with Crippen molar-refractivity contribution in [1.82, 2.24) is 14.8 Å². The number of aromatic hydroxyl groups is 1. The molecular formula is C28H29N3O5S. The second kappa shape index (κ2) is 11.4. The summed E-state index contributed by atoms with van der Waals surface area (Å²) >= 11 is 1.39. The van der Waals surface area contributed by atoms with Crippen LogP contribution in [0.25, 0.3) is 20.8 Å². The highest BCUT2D eigenvalue weighted by Crippen LogP contribution is 2.41. The van der Waals surface area contributed by atoms with Gasteiger partial charge in [-0.15, -0.1) is 11.3 Å². The number of fused-ring (bicyclic) bond motifs is 1. The van der Waals surface area contributed by atoms with Gasteiger partial charge < -0.3 is 24.4 Å². The second-order valence-corrected chi connectivity index (χ2v) is 9.89. The molecule has 192 valence electrons. The molecule has 4 rings (SSSR count). The largest absolute Gasteiger partial charge is 0.507 e. The molecule has 0 spiro atoms. The first kappa shape index (κ1) is 26.1. The molecular weight excluding hydrogens is 490 g/mol. The average molecular weight is 520 g/mol. The summed E-state index contributed by atoms with van der Waals surface area (Å²) in [5, 5.41) is 11.3. The third-order valence-corrected chi connectivity index (χ3v) is 6.89. The van der Waals surface area contributed by atoms with E-state index in [4.69, 9.17) is 14.5 Å². The number of ether oxygens (including phenoxy) is 2. The highest BCUT2D eigenvalue weighted by molar-refractivity contribution is 7.21. The molecule has 1 aromatic heterocycles. The molecule has 1 N–H and O–H groups in total. The molecule has 0 radical (unpaired) electrons. The van der Waals surface area contributed by atoms with E-state index in [-0.39, 0.29) is 18.3 Å². The Balaban J connectivity index is 1.56. The van der Waals surface area contributed by atoms with E-state index in [9.17, 15) is 14.7 Å². The van der Waals surface area contributed by atoms with Gasteiger partial charge in [0.15, 0.2) is 0 Å². The second-order valence-electron chi connectivity index (χ2n) is 8.86. The number of rotatable bonds is 9. The zero-order valence-corrected chi connectivity index (χ0v) is 22.0. The van der Waals surface area contributed by atoms with Crippen molar-refractivity contribution in [2.24, 2.45) is 0 Å². The van der Waals surface area contributed by atoms with E-state index in [1.807, 2.05) is 31.1 Å². The van der Waals surface area contributed by atoms with Gasteiger partial charge in [-0.05, 0) is 62.1 Å². The maximum absolute atomic E-state index is 12.9. The molecule has 0 bridgehead atoms. The summed E-state index contributed by atoms with van der Waals surface area (Å²) in [6.07, 6.45) is 0. The van der Waals surface area contributed by atoms with Crippen molar-refractivity contribution in [1.29, 1.82) is 0 Å². The van der Waals surface area contributed by atoms with Crippen LogP contribution in [0.5, 0.6) is 11.5 Å². The molecule has 9 heteroatoms. The maximum Gasteiger partial charge on any atom is 0.337 e. The third-order valence-electron chi connectivity index (χ3n) is 5.85. The number of phenols is 1. The van der Waals surface area contributed by atoms with Gasteiger partial charge in [0.05, 0.1) is 28.5 Å². The molecule has 1 heterocycles. The molecule has 0 atom stereocenters. The quantitative estimate of drug-likeness (QED) is 0.321. The Kier molecular flexibility index (Phi) is 8.05. The summed E-state index contributed by atoms with van der Waals surface area (Å²) in [7, 11) is 7.08. The number of esters is 1. The Hall–Kier alpha value is -3.95. The Morgan fingerprint density at radius 1 is 0.973 bits per heavy atom. The lowest BCUT2D eigenvalue weighted by molar-refractivity contribution is 0.0600. The molecule has 8 nitrogen and oxygen atoms in total. The molecule has 3 aromatic carbocycles. The zero-order valence-electron chi connectivity index (χ0n) is 21.2. The number of carbonyl (C=O) groups excluding carboxylic acids is 2. The van der Waals surface area contributed by atoms with Crippen LogP contribution in [0.1, 0.15) is 26.3 Å². The van der Waals surface area contributed by atoms with Crippen molar-refractivity contribution in [3.8, 4) is 22.1 Å². The number of likely N-dealkylation sites (N-methyl/N-ethyl adjacent to an activating group) is 2. The predicted molar refractivity (Wildman–Crippen MR) is 144 cm³/mol. The topological polar surface area (TPSA) is 92.2 Å². The molecule has 0 unspecified atom stereocenters. The van der Waals surface area contributed by atoms with Gasteiger partial charge in [0, 0.05) is 25.7 Å². The number of phenolic OH excluding ortho intramolecular Hbond substituents is 1. The van der Waals surface area contributed by atoms with E-state index in [0.717, 1.165) is 22.3 Å². The number of benzene rings is 3. The van der Waals surface area contributed by atoms with E-state index in [0.29, 0.717) is 34.0 Å². The molecule has 0 aliphatic heterocycles. The van der Waals surface area contributed by atoms with Crippen LogP contribution in [-0.2, 0) is 11.3 Å². The van der Waals surface area contributed by atoms with Crippen molar-refractivity contribution < 1.29 is 24.2 Å². The Morgan fingerprint density at radius 3 is 2.41 bits per heavy atom. The van der Waals surface area contributed by atoms with Gasteiger partial charge in [-0.1, -0.05) is 18.2 Å². The number of hydrogen-bond acceptors (Lipinski definition) is 8. The number of aromatic nitrogens is 1.